The average Bonchev–Trinajstić information content (AvgIpc) is 3.09. The van der Waals surface area contributed by atoms with E-state index < -0.39 is 16.0 Å². The Kier molecular flexibility index (Phi) is 3.40. The van der Waals surface area contributed by atoms with Crippen LogP contribution in [0.4, 0.5) is 5.95 Å². The van der Waals surface area contributed by atoms with Crippen LogP contribution in [-0.4, -0.2) is 37.6 Å². The molecule has 0 aliphatic carbocycles. The zero-order chi connectivity index (χ0) is 15.9. The number of benzene rings is 1. The van der Waals surface area contributed by atoms with Gasteiger partial charge >= 0.3 is 5.97 Å². The van der Waals surface area contributed by atoms with Crippen molar-refractivity contribution in [1.82, 2.24) is 9.55 Å². The number of esters is 1. The van der Waals surface area contributed by atoms with Gasteiger partial charge in [-0.3, -0.25) is 0 Å². The van der Waals surface area contributed by atoms with Gasteiger partial charge in [0.1, 0.15) is 0 Å². The molecule has 3 rings (SSSR count). The number of aromatic nitrogens is 2. The number of fused-ring (bicyclic) bond motifs is 1. The molecule has 0 saturated carbocycles. The topological polar surface area (TPSA) is 81.5 Å². The van der Waals surface area contributed by atoms with Crippen LogP contribution in [0.2, 0.25) is 0 Å². The van der Waals surface area contributed by atoms with Gasteiger partial charge in [-0.1, -0.05) is 6.07 Å². The van der Waals surface area contributed by atoms with E-state index in [-0.39, 0.29) is 10.5 Å². The first kappa shape index (κ1) is 14.6. The Morgan fingerprint density at radius 1 is 1.32 bits per heavy atom. The number of anilines is 1. The van der Waals surface area contributed by atoms with Crippen molar-refractivity contribution >= 4 is 21.9 Å². The van der Waals surface area contributed by atoms with E-state index in [1.807, 2.05) is 0 Å². The van der Waals surface area contributed by atoms with Crippen molar-refractivity contribution < 1.29 is 17.9 Å². The third-order valence-electron chi connectivity index (χ3n) is 3.66. The molecule has 0 unspecified atom stereocenters. The molecule has 0 radical (unpaired) electrons. The van der Waals surface area contributed by atoms with Gasteiger partial charge in [0.15, 0.2) is 0 Å². The van der Waals surface area contributed by atoms with Gasteiger partial charge in [-0.25, -0.2) is 22.5 Å². The minimum atomic E-state index is -3.76. The number of ether oxygens (including phenoxy) is 1. The molecule has 1 aliphatic heterocycles. The molecular formula is C14H15N3O4S. The molecule has 0 spiro atoms. The third-order valence-corrected chi connectivity index (χ3v) is 5.44. The first-order valence-corrected chi connectivity index (χ1v) is 8.12. The summed E-state index contributed by atoms with van der Waals surface area (Å²) in [5.74, 6) is -0.169. The Labute approximate surface area is 128 Å². The number of methoxy groups -OCH3 is 1. The second kappa shape index (κ2) is 5.13. The minimum Gasteiger partial charge on any atom is -0.465 e. The fourth-order valence-electron chi connectivity index (χ4n) is 2.45. The van der Waals surface area contributed by atoms with Gasteiger partial charge in [-0.15, -0.1) is 0 Å². The third kappa shape index (κ3) is 2.16. The van der Waals surface area contributed by atoms with Crippen molar-refractivity contribution in [3.63, 3.8) is 0 Å². The molecular weight excluding hydrogens is 306 g/mol. The summed E-state index contributed by atoms with van der Waals surface area (Å²) in [5.41, 5.74) is 0.903. The highest BCUT2D eigenvalue weighted by atomic mass is 32.2. The Hall–Kier alpha value is -2.35. The number of sulfonamides is 1. The van der Waals surface area contributed by atoms with Gasteiger partial charge in [0, 0.05) is 18.9 Å². The van der Waals surface area contributed by atoms with Gasteiger partial charge in [-0.05, 0) is 24.6 Å². The summed E-state index contributed by atoms with van der Waals surface area (Å²) in [7, 11) is -2.50. The summed E-state index contributed by atoms with van der Waals surface area (Å²) >= 11 is 0. The van der Waals surface area contributed by atoms with Crippen LogP contribution >= 0.6 is 0 Å². The Balaban J connectivity index is 2.06. The van der Waals surface area contributed by atoms with Crippen LogP contribution in [0, 0.1) is 6.92 Å². The van der Waals surface area contributed by atoms with E-state index in [9.17, 15) is 13.2 Å². The number of imidazole rings is 1. The van der Waals surface area contributed by atoms with Gasteiger partial charge in [-0.2, -0.15) is 0 Å². The molecule has 0 saturated heterocycles. The summed E-state index contributed by atoms with van der Waals surface area (Å²) in [6.45, 7) is 2.61. The fourth-order valence-corrected chi connectivity index (χ4v) is 3.90. The van der Waals surface area contributed by atoms with Crippen molar-refractivity contribution in [2.45, 2.75) is 18.4 Å². The van der Waals surface area contributed by atoms with Crippen LogP contribution in [0.15, 0.2) is 35.5 Å². The lowest BCUT2D eigenvalue weighted by Crippen LogP contribution is -2.29. The van der Waals surface area contributed by atoms with Crippen LogP contribution in [0.5, 0.6) is 0 Å². The maximum absolute atomic E-state index is 12.8. The first-order chi connectivity index (χ1) is 10.4. The van der Waals surface area contributed by atoms with Crippen molar-refractivity contribution in [3.05, 3.63) is 41.7 Å². The number of carbonyl (C=O) groups is 1. The van der Waals surface area contributed by atoms with Crippen LogP contribution in [0.25, 0.3) is 0 Å². The summed E-state index contributed by atoms with van der Waals surface area (Å²) < 4.78 is 33.3. The molecule has 0 amide bonds. The summed E-state index contributed by atoms with van der Waals surface area (Å²) in [6, 6.07) is 4.44. The first-order valence-electron chi connectivity index (χ1n) is 6.68. The Morgan fingerprint density at radius 2 is 2.09 bits per heavy atom. The van der Waals surface area contributed by atoms with Crippen molar-refractivity contribution in [2.24, 2.45) is 0 Å². The monoisotopic (exact) mass is 321 g/mol. The van der Waals surface area contributed by atoms with Gasteiger partial charge in [0.05, 0.1) is 24.1 Å². The molecule has 8 heteroatoms. The molecule has 116 valence electrons. The maximum Gasteiger partial charge on any atom is 0.338 e. The fraction of sp³-hybridized carbons (Fsp3) is 0.286. The van der Waals surface area contributed by atoms with E-state index in [0.717, 1.165) is 0 Å². The Bertz CT molecular complexity index is 842. The summed E-state index contributed by atoms with van der Waals surface area (Å²) in [5, 5.41) is 0. The van der Waals surface area contributed by atoms with E-state index >= 15 is 0 Å². The molecule has 0 atom stereocenters. The predicted molar refractivity (Wildman–Crippen MR) is 79.3 cm³/mol. The molecule has 0 fully saturated rings. The molecule has 2 aromatic rings. The smallest absolute Gasteiger partial charge is 0.338 e. The molecule has 7 nitrogen and oxygen atoms in total. The van der Waals surface area contributed by atoms with E-state index in [0.29, 0.717) is 24.6 Å². The normalized spacial score (nSPS) is 14.0. The second-order valence-corrected chi connectivity index (χ2v) is 6.83. The highest BCUT2D eigenvalue weighted by Gasteiger charge is 2.32. The highest BCUT2D eigenvalue weighted by molar-refractivity contribution is 7.92. The van der Waals surface area contributed by atoms with Crippen molar-refractivity contribution in [1.29, 1.82) is 0 Å². The highest BCUT2D eigenvalue weighted by Crippen LogP contribution is 2.27. The standard InChI is InChI=1S/C14H15N3O4S/c1-10-3-4-11(9-12(10)13(18)21-2)22(19,20)17-8-7-16-6-5-15-14(16)17/h3-6,9H,7-8H2,1-2H3. The predicted octanol–water partition coefficient (Wildman–Crippen LogP) is 1.19. The van der Waals surface area contributed by atoms with E-state index in [4.69, 9.17) is 4.74 Å². The number of rotatable bonds is 3. The van der Waals surface area contributed by atoms with Crippen LogP contribution in [0.3, 0.4) is 0 Å². The number of carbonyl (C=O) groups excluding carboxylic acids is 1. The lowest BCUT2D eigenvalue weighted by Gasteiger charge is -2.17. The molecule has 1 aromatic heterocycles. The molecule has 1 aliphatic rings. The molecule has 2 heterocycles. The second-order valence-electron chi connectivity index (χ2n) is 4.97. The lowest BCUT2D eigenvalue weighted by molar-refractivity contribution is 0.0599. The average molecular weight is 321 g/mol. The quantitative estimate of drug-likeness (QED) is 0.793. The van der Waals surface area contributed by atoms with E-state index in [2.05, 4.69) is 4.98 Å². The van der Waals surface area contributed by atoms with E-state index in [1.54, 1.807) is 30.0 Å². The van der Waals surface area contributed by atoms with Crippen molar-refractivity contribution in [2.75, 3.05) is 18.0 Å². The maximum atomic E-state index is 12.8. The zero-order valence-corrected chi connectivity index (χ0v) is 13.0. The molecule has 0 N–H and O–H groups in total. The SMILES string of the molecule is COC(=O)c1cc(S(=O)(=O)N2CCn3ccnc32)ccc1C. The number of hydrogen-bond donors (Lipinski definition) is 0. The van der Waals surface area contributed by atoms with Crippen LogP contribution < -0.4 is 4.31 Å². The van der Waals surface area contributed by atoms with Crippen LogP contribution in [0.1, 0.15) is 15.9 Å². The molecule has 0 bridgehead atoms. The Morgan fingerprint density at radius 3 is 2.82 bits per heavy atom. The molecule has 22 heavy (non-hydrogen) atoms. The molecule has 1 aromatic carbocycles. The number of nitrogens with zero attached hydrogens (tertiary/aromatic N) is 3. The number of aryl methyl sites for hydroxylation is 1. The van der Waals surface area contributed by atoms with Crippen molar-refractivity contribution in [3.8, 4) is 0 Å². The van der Waals surface area contributed by atoms with Gasteiger partial charge in [0.2, 0.25) is 5.95 Å². The summed E-state index contributed by atoms with van der Waals surface area (Å²) in [4.78, 5) is 15.9. The zero-order valence-electron chi connectivity index (χ0n) is 12.2. The van der Waals surface area contributed by atoms with Crippen LogP contribution in [-0.2, 0) is 21.3 Å². The van der Waals surface area contributed by atoms with E-state index in [1.165, 1.54) is 23.5 Å². The van der Waals surface area contributed by atoms with Gasteiger partial charge in [0.25, 0.3) is 10.0 Å². The van der Waals surface area contributed by atoms with Gasteiger partial charge < -0.3 is 9.30 Å². The lowest BCUT2D eigenvalue weighted by atomic mass is 10.1. The largest absolute Gasteiger partial charge is 0.465 e. The number of hydrogen-bond acceptors (Lipinski definition) is 5. The minimum absolute atomic E-state index is 0.0509. The summed E-state index contributed by atoms with van der Waals surface area (Å²) in [6.07, 6.45) is 3.30.